The predicted molar refractivity (Wildman–Crippen MR) is 69.2 cm³/mol. The van der Waals surface area contributed by atoms with Crippen LogP contribution in [0.1, 0.15) is 24.6 Å². The number of rotatable bonds is 2. The van der Waals surface area contributed by atoms with E-state index in [0.717, 1.165) is 26.2 Å². The molecule has 3 rings (SSSR count). The summed E-state index contributed by atoms with van der Waals surface area (Å²) in [6.45, 7) is 0. The number of halogens is 2. The third-order valence-electron chi connectivity index (χ3n) is 2.59. The van der Waals surface area contributed by atoms with E-state index in [0.29, 0.717) is 5.92 Å². The minimum atomic E-state index is 0.608. The van der Waals surface area contributed by atoms with Gasteiger partial charge in [-0.25, -0.2) is 4.98 Å². The molecule has 1 saturated carbocycles. The minimum Gasteiger partial charge on any atom is -0.262 e. The van der Waals surface area contributed by atoms with Crippen molar-refractivity contribution in [2.45, 2.75) is 18.8 Å². The molecule has 1 heterocycles. The van der Waals surface area contributed by atoms with Gasteiger partial charge in [-0.15, -0.1) is 0 Å². The Morgan fingerprint density at radius 3 is 2.44 bits per heavy atom. The summed E-state index contributed by atoms with van der Waals surface area (Å²) in [6, 6.07) is 6.03. The Kier molecular flexibility index (Phi) is 2.59. The van der Waals surface area contributed by atoms with Crippen LogP contribution in [0.2, 0.25) is 0 Å². The van der Waals surface area contributed by atoms with Crippen LogP contribution in [0.4, 0.5) is 0 Å². The third kappa shape index (κ3) is 2.06. The largest absolute Gasteiger partial charge is 0.262 e. The van der Waals surface area contributed by atoms with Crippen LogP contribution >= 0.6 is 31.9 Å². The Balaban J connectivity index is 2.00. The van der Waals surface area contributed by atoms with Crippen LogP contribution in [0, 0.1) is 0 Å². The zero-order valence-electron chi connectivity index (χ0n) is 8.37. The molecule has 1 aromatic carbocycles. The summed E-state index contributed by atoms with van der Waals surface area (Å²) < 4.78 is 2.05. The van der Waals surface area contributed by atoms with E-state index in [1.54, 1.807) is 0 Å². The summed E-state index contributed by atoms with van der Waals surface area (Å²) in [5.74, 6) is 2.40. The van der Waals surface area contributed by atoms with Crippen LogP contribution in [0.5, 0.6) is 0 Å². The zero-order chi connectivity index (χ0) is 11.1. The highest BCUT2D eigenvalue weighted by molar-refractivity contribution is 9.11. The molecule has 2 aromatic rings. The Labute approximate surface area is 110 Å². The minimum absolute atomic E-state index is 0.608. The zero-order valence-corrected chi connectivity index (χ0v) is 11.5. The van der Waals surface area contributed by atoms with Crippen molar-refractivity contribution < 1.29 is 0 Å². The highest BCUT2D eigenvalue weighted by atomic mass is 79.9. The quantitative estimate of drug-likeness (QED) is 0.899. The van der Waals surface area contributed by atoms with Gasteiger partial charge in [0.1, 0.15) is 5.82 Å². The summed E-state index contributed by atoms with van der Waals surface area (Å²) in [5.41, 5.74) is 1.02. The van der Waals surface area contributed by atoms with Gasteiger partial charge in [0.15, 0.2) is 5.82 Å². The van der Waals surface area contributed by atoms with E-state index < -0.39 is 0 Å². The fraction of sp³-hybridized carbons (Fsp3) is 0.273. The predicted octanol–water partition coefficient (Wildman–Crippen LogP) is 3.87. The third-order valence-corrected chi connectivity index (χ3v) is 3.50. The second-order valence-electron chi connectivity index (χ2n) is 3.98. The molecule has 1 fully saturated rings. The van der Waals surface area contributed by atoms with Crippen molar-refractivity contribution in [3.05, 3.63) is 33.0 Å². The van der Waals surface area contributed by atoms with Gasteiger partial charge in [0.05, 0.1) is 0 Å². The molecule has 82 valence electrons. The summed E-state index contributed by atoms with van der Waals surface area (Å²) >= 11 is 6.93. The first kappa shape index (κ1) is 10.5. The van der Waals surface area contributed by atoms with Gasteiger partial charge in [0, 0.05) is 20.4 Å². The van der Waals surface area contributed by atoms with E-state index in [1.807, 2.05) is 18.2 Å². The van der Waals surface area contributed by atoms with Gasteiger partial charge >= 0.3 is 0 Å². The lowest BCUT2D eigenvalue weighted by atomic mass is 10.2. The van der Waals surface area contributed by atoms with Gasteiger partial charge in [0.2, 0.25) is 0 Å². The van der Waals surface area contributed by atoms with Crippen LogP contribution in [0.25, 0.3) is 11.4 Å². The van der Waals surface area contributed by atoms with E-state index in [1.165, 1.54) is 12.8 Å². The molecule has 1 aliphatic carbocycles. The van der Waals surface area contributed by atoms with Gasteiger partial charge in [-0.3, -0.25) is 5.10 Å². The SMILES string of the molecule is Brc1cc(Br)cc(-c2n[nH]c(C3CC3)n2)c1. The molecule has 1 aromatic heterocycles. The van der Waals surface area contributed by atoms with Crippen molar-refractivity contribution >= 4 is 31.9 Å². The Hall–Kier alpha value is -0.680. The fourth-order valence-corrected chi connectivity index (χ4v) is 2.92. The number of aromatic amines is 1. The van der Waals surface area contributed by atoms with Gasteiger partial charge in [-0.1, -0.05) is 31.9 Å². The lowest BCUT2D eigenvalue weighted by Gasteiger charge is -1.98. The first-order valence-corrected chi connectivity index (χ1v) is 6.70. The number of nitrogens with zero attached hydrogens (tertiary/aromatic N) is 2. The standard InChI is InChI=1S/C11H9Br2N3/c12-8-3-7(4-9(13)5-8)11-14-10(15-16-11)6-1-2-6/h3-6H,1-2H2,(H,14,15,16). The fourth-order valence-electron chi connectivity index (χ4n) is 1.63. The number of benzene rings is 1. The molecule has 0 bridgehead atoms. The Bertz CT molecular complexity index is 512. The molecule has 5 heteroatoms. The molecule has 0 atom stereocenters. The van der Waals surface area contributed by atoms with Crippen molar-refractivity contribution in [1.82, 2.24) is 15.2 Å². The van der Waals surface area contributed by atoms with Gasteiger partial charge < -0.3 is 0 Å². The molecule has 0 radical (unpaired) electrons. The molecule has 0 saturated heterocycles. The van der Waals surface area contributed by atoms with Crippen molar-refractivity contribution in [2.24, 2.45) is 0 Å². The van der Waals surface area contributed by atoms with Gasteiger partial charge in [0.25, 0.3) is 0 Å². The van der Waals surface area contributed by atoms with Gasteiger partial charge in [-0.2, -0.15) is 5.10 Å². The summed E-state index contributed by atoms with van der Waals surface area (Å²) in [4.78, 5) is 4.52. The Morgan fingerprint density at radius 1 is 1.12 bits per heavy atom. The van der Waals surface area contributed by atoms with E-state index >= 15 is 0 Å². The molecule has 0 unspecified atom stereocenters. The van der Waals surface area contributed by atoms with E-state index in [9.17, 15) is 0 Å². The van der Waals surface area contributed by atoms with Crippen molar-refractivity contribution in [3.63, 3.8) is 0 Å². The highest BCUT2D eigenvalue weighted by Crippen LogP contribution is 2.38. The number of aromatic nitrogens is 3. The van der Waals surface area contributed by atoms with Crippen molar-refractivity contribution in [3.8, 4) is 11.4 Å². The lowest BCUT2D eigenvalue weighted by Crippen LogP contribution is -1.83. The maximum atomic E-state index is 4.52. The van der Waals surface area contributed by atoms with Crippen LogP contribution in [-0.4, -0.2) is 15.2 Å². The topological polar surface area (TPSA) is 41.6 Å². The highest BCUT2D eigenvalue weighted by Gasteiger charge is 2.27. The monoisotopic (exact) mass is 341 g/mol. The van der Waals surface area contributed by atoms with Crippen molar-refractivity contribution in [2.75, 3.05) is 0 Å². The average molecular weight is 343 g/mol. The second-order valence-corrected chi connectivity index (χ2v) is 5.81. The normalized spacial score (nSPS) is 15.4. The summed E-state index contributed by atoms with van der Waals surface area (Å²) in [6.07, 6.45) is 2.47. The number of H-pyrrole nitrogens is 1. The van der Waals surface area contributed by atoms with Crippen LogP contribution in [-0.2, 0) is 0 Å². The van der Waals surface area contributed by atoms with E-state index in [2.05, 4.69) is 47.0 Å². The summed E-state index contributed by atoms with van der Waals surface area (Å²) in [5, 5.41) is 7.27. The van der Waals surface area contributed by atoms with Crippen LogP contribution < -0.4 is 0 Å². The van der Waals surface area contributed by atoms with Crippen molar-refractivity contribution in [1.29, 1.82) is 0 Å². The molecule has 3 nitrogen and oxygen atoms in total. The first-order valence-electron chi connectivity index (χ1n) is 5.11. The van der Waals surface area contributed by atoms with E-state index in [4.69, 9.17) is 0 Å². The molecular weight excluding hydrogens is 334 g/mol. The molecule has 1 aliphatic rings. The average Bonchev–Trinajstić information content (AvgIpc) is 2.95. The number of hydrogen-bond acceptors (Lipinski definition) is 2. The molecule has 1 N–H and O–H groups in total. The smallest absolute Gasteiger partial charge is 0.181 e. The Morgan fingerprint density at radius 2 is 1.81 bits per heavy atom. The summed E-state index contributed by atoms with van der Waals surface area (Å²) in [7, 11) is 0. The van der Waals surface area contributed by atoms with Crippen LogP contribution in [0.3, 0.4) is 0 Å². The molecule has 16 heavy (non-hydrogen) atoms. The maximum Gasteiger partial charge on any atom is 0.181 e. The molecule has 0 spiro atoms. The molecule has 0 aliphatic heterocycles. The second kappa shape index (κ2) is 3.96. The van der Waals surface area contributed by atoms with Gasteiger partial charge in [-0.05, 0) is 31.0 Å². The first-order chi connectivity index (χ1) is 7.72. The maximum absolute atomic E-state index is 4.52. The number of hydrogen-bond donors (Lipinski definition) is 1. The molecular formula is C11H9Br2N3. The van der Waals surface area contributed by atoms with Crippen LogP contribution in [0.15, 0.2) is 27.1 Å². The van der Waals surface area contributed by atoms with E-state index in [-0.39, 0.29) is 0 Å². The lowest BCUT2D eigenvalue weighted by molar-refractivity contribution is 0.935. The molecule has 0 amide bonds. The number of nitrogens with one attached hydrogen (secondary N) is 1.